The first kappa shape index (κ1) is 49.1. The molecule has 63 heavy (non-hydrogen) atoms. The van der Waals surface area contributed by atoms with Crippen LogP contribution < -0.4 is 0 Å². The van der Waals surface area contributed by atoms with Gasteiger partial charge in [-0.25, -0.2) is 9.97 Å². The standard InChI is InChI=1S/C12H13N.C10H12N2.C10H11NO.C8H11N.C7H10N2.C6H10N2/c1-9(2)12-11-6-4-3-5-10(11)7-8-13-12;1-7(2)10-8-5-3-4-6-9(8)11-12-10;1-7(2)10-8-5-3-4-6-9(8)12-11-10;1-7(2)8-5-3-4-6-9-8;1-6(2)7-8-4-3-5-9-7;1-5(2)6-3-4-7-8-6/h3-9H,1-2H3;3-7H,1-2H3,(H,11,12);3-7H,1-2H3;3-7H,1-2H3;3-6H,1-2H3;3-5H,1-2H3,(H,7,8). The van der Waals surface area contributed by atoms with Crippen molar-refractivity contribution in [3.63, 3.8) is 0 Å². The molecule has 330 valence electrons. The molecule has 10 nitrogen and oxygen atoms in total. The molecular formula is C53H67N9O. The Bertz CT molecular complexity index is 2470. The van der Waals surface area contributed by atoms with Crippen LogP contribution in [0.15, 0.2) is 145 Å². The Balaban J connectivity index is 0.000000167. The van der Waals surface area contributed by atoms with E-state index >= 15 is 0 Å². The van der Waals surface area contributed by atoms with Crippen molar-refractivity contribution < 1.29 is 4.52 Å². The molecular weight excluding hydrogens is 779 g/mol. The van der Waals surface area contributed by atoms with Gasteiger partial charge in [-0.05, 0) is 83.5 Å². The van der Waals surface area contributed by atoms with E-state index in [0.717, 1.165) is 33.7 Å². The summed E-state index contributed by atoms with van der Waals surface area (Å²) in [5, 5.41) is 22.9. The molecule has 0 unspecified atom stereocenters. The van der Waals surface area contributed by atoms with Crippen LogP contribution >= 0.6 is 0 Å². The van der Waals surface area contributed by atoms with E-state index in [2.05, 4.69) is 165 Å². The number of nitrogens with zero attached hydrogens (tertiary/aromatic N) is 7. The van der Waals surface area contributed by atoms with Gasteiger partial charge in [0.25, 0.3) is 0 Å². The van der Waals surface area contributed by atoms with Crippen LogP contribution in [0.2, 0.25) is 0 Å². The predicted molar refractivity (Wildman–Crippen MR) is 261 cm³/mol. The summed E-state index contributed by atoms with van der Waals surface area (Å²) in [6.07, 6.45) is 9.02. The molecule has 6 heterocycles. The number of para-hydroxylation sites is 2. The number of nitrogens with one attached hydrogen (secondary N) is 2. The molecule has 9 rings (SSSR count). The van der Waals surface area contributed by atoms with Gasteiger partial charge in [-0.1, -0.05) is 149 Å². The third-order valence-electron chi connectivity index (χ3n) is 9.80. The Labute approximate surface area is 374 Å². The second kappa shape index (κ2) is 25.4. The summed E-state index contributed by atoms with van der Waals surface area (Å²) >= 11 is 0. The van der Waals surface area contributed by atoms with Gasteiger partial charge in [0.1, 0.15) is 5.82 Å². The van der Waals surface area contributed by atoms with Crippen LogP contribution in [0.4, 0.5) is 0 Å². The summed E-state index contributed by atoms with van der Waals surface area (Å²) in [4.78, 5) is 16.7. The van der Waals surface area contributed by atoms with Gasteiger partial charge in [-0.3, -0.25) is 20.2 Å². The Hall–Kier alpha value is -6.55. The molecule has 3 aromatic carbocycles. The number of pyridine rings is 2. The SMILES string of the molecule is CC(C)c1[nH]nc2ccccc12.CC(C)c1ccccn1.CC(C)c1ccn[nH]1.CC(C)c1nccc2ccccc12.CC(C)c1ncccn1.CC(C)c1noc2ccccc12. The van der Waals surface area contributed by atoms with Crippen molar-refractivity contribution in [2.45, 2.75) is 119 Å². The maximum absolute atomic E-state index is 5.16. The van der Waals surface area contributed by atoms with Crippen LogP contribution in [-0.2, 0) is 0 Å². The van der Waals surface area contributed by atoms with Gasteiger partial charge in [-0.15, -0.1) is 0 Å². The predicted octanol–water partition coefficient (Wildman–Crippen LogP) is 14.3. The van der Waals surface area contributed by atoms with E-state index in [1.54, 1.807) is 18.6 Å². The summed E-state index contributed by atoms with van der Waals surface area (Å²) in [5.41, 5.74) is 7.76. The van der Waals surface area contributed by atoms with E-state index in [-0.39, 0.29) is 0 Å². The highest BCUT2D eigenvalue weighted by Gasteiger charge is 2.10. The molecule has 0 aliphatic carbocycles. The highest BCUT2D eigenvalue weighted by Crippen LogP contribution is 2.25. The fourth-order valence-corrected chi connectivity index (χ4v) is 6.26. The number of aromatic amines is 2. The monoisotopic (exact) mass is 846 g/mol. The summed E-state index contributed by atoms with van der Waals surface area (Å²) in [6, 6.07) is 36.4. The zero-order valence-corrected chi connectivity index (χ0v) is 39.3. The van der Waals surface area contributed by atoms with Crippen LogP contribution in [0.5, 0.6) is 0 Å². The third-order valence-corrected chi connectivity index (χ3v) is 9.80. The van der Waals surface area contributed by atoms with Gasteiger partial charge in [0.15, 0.2) is 5.58 Å². The Morgan fingerprint density at radius 3 is 1.59 bits per heavy atom. The van der Waals surface area contributed by atoms with Gasteiger partial charge in [0.05, 0.1) is 16.9 Å². The van der Waals surface area contributed by atoms with Crippen molar-refractivity contribution in [2.75, 3.05) is 0 Å². The lowest BCUT2D eigenvalue weighted by atomic mass is 10.0. The van der Waals surface area contributed by atoms with Crippen molar-refractivity contribution in [3.8, 4) is 0 Å². The minimum absolute atomic E-state index is 0.425. The van der Waals surface area contributed by atoms with Gasteiger partial charge in [0.2, 0.25) is 0 Å². The fourth-order valence-electron chi connectivity index (χ4n) is 6.26. The zero-order valence-electron chi connectivity index (χ0n) is 39.3. The van der Waals surface area contributed by atoms with Crippen molar-refractivity contribution in [3.05, 3.63) is 174 Å². The van der Waals surface area contributed by atoms with E-state index in [0.29, 0.717) is 35.5 Å². The van der Waals surface area contributed by atoms with Crippen molar-refractivity contribution in [2.24, 2.45) is 0 Å². The Morgan fingerprint density at radius 1 is 0.429 bits per heavy atom. The van der Waals surface area contributed by atoms with E-state index in [1.165, 1.54) is 33.2 Å². The van der Waals surface area contributed by atoms with Crippen LogP contribution in [0, 0.1) is 0 Å². The smallest absolute Gasteiger partial charge is 0.167 e. The average molecular weight is 846 g/mol. The maximum Gasteiger partial charge on any atom is 0.167 e. The van der Waals surface area contributed by atoms with Crippen LogP contribution in [-0.4, -0.2) is 45.5 Å². The molecule has 9 aromatic rings. The normalized spacial score (nSPS) is 10.8. The topological polar surface area (TPSA) is 135 Å². The minimum Gasteiger partial charge on any atom is -0.356 e. The van der Waals surface area contributed by atoms with Crippen LogP contribution in [0.25, 0.3) is 32.6 Å². The van der Waals surface area contributed by atoms with Gasteiger partial charge < -0.3 is 4.52 Å². The van der Waals surface area contributed by atoms with E-state index in [9.17, 15) is 0 Å². The maximum atomic E-state index is 5.16. The molecule has 0 bridgehead atoms. The number of rotatable bonds is 6. The summed E-state index contributed by atoms with van der Waals surface area (Å²) in [6.45, 7) is 25.6. The van der Waals surface area contributed by atoms with Gasteiger partial charge in [0, 0.05) is 70.1 Å². The Morgan fingerprint density at radius 2 is 1.05 bits per heavy atom. The molecule has 10 heteroatoms. The number of benzene rings is 3. The molecule has 0 aliphatic rings. The van der Waals surface area contributed by atoms with Crippen LogP contribution in [0.3, 0.4) is 0 Å². The lowest BCUT2D eigenvalue weighted by molar-refractivity contribution is 0.441. The largest absolute Gasteiger partial charge is 0.356 e. The molecule has 0 atom stereocenters. The van der Waals surface area contributed by atoms with Crippen molar-refractivity contribution >= 4 is 32.6 Å². The van der Waals surface area contributed by atoms with Gasteiger partial charge in [-0.2, -0.15) is 10.2 Å². The highest BCUT2D eigenvalue weighted by molar-refractivity contribution is 5.84. The van der Waals surface area contributed by atoms with Crippen LogP contribution in [0.1, 0.15) is 153 Å². The lowest BCUT2D eigenvalue weighted by Crippen LogP contribution is -1.93. The zero-order chi connectivity index (χ0) is 45.7. The molecule has 0 aliphatic heterocycles. The van der Waals surface area contributed by atoms with E-state index in [4.69, 9.17) is 4.52 Å². The number of hydrogen-bond donors (Lipinski definition) is 2. The number of hydrogen-bond acceptors (Lipinski definition) is 8. The number of H-pyrrole nitrogens is 2. The van der Waals surface area contributed by atoms with Crippen molar-refractivity contribution in [1.82, 2.24) is 45.5 Å². The van der Waals surface area contributed by atoms with Crippen molar-refractivity contribution in [1.29, 1.82) is 0 Å². The quantitative estimate of drug-likeness (QED) is 0.169. The summed E-state index contributed by atoms with van der Waals surface area (Å²) < 4.78 is 5.16. The molecule has 0 saturated heterocycles. The molecule has 0 radical (unpaired) electrons. The third kappa shape index (κ3) is 15.4. The molecule has 2 N–H and O–H groups in total. The molecule has 0 amide bonds. The first-order valence-electron chi connectivity index (χ1n) is 22.1. The molecule has 0 spiro atoms. The fraction of sp³-hybridized carbons (Fsp3) is 0.340. The Kier molecular flexibility index (Phi) is 19.8. The highest BCUT2D eigenvalue weighted by atomic mass is 16.5. The minimum atomic E-state index is 0.425. The molecule has 0 saturated carbocycles. The lowest BCUT2D eigenvalue weighted by Gasteiger charge is -2.07. The van der Waals surface area contributed by atoms with E-state index in [1.807, 2.05) is 85.2 Å². The molecule has 0 fully saturated rings. The summed E-state index contributed by atoms with van der Waals surface area (Å²) in [7, 11) is 0. The summed E-state index contributed by atoms with van der Waals surface area (Å²) in [5.74, 6) is 3.89. The first-order valence-corrected chi connectivity index (χ1v) is 22.1. The number of aromatic nitrogens is 9. The molecule has 6 aromatic heterocycles. The van der Waals surface area contributed by atoms with Gasteiger partial charge >= 0.3 is 0 Å². The average Bonchev–Trinajstić information content (AvgIpc) is 4.09. The second-order valence-corrected chi connectivity index (χ2v) is 16.9. The van der Waals surface area contributed by atoms with E-state index < -0.39 is 0 Å². The second-order valence-electron chi connectivity index (χ2n) is 16.9. The first-order chi connectivity index (χ1) is 30.3. The number of fused-ring (bicyclic) bond motifs is 3.